The number of benzene rings is 1. The zero-order valence-electron chi connectivity index (χ0n) is 14.8. The molecule has 1 amide bonds. The average Bonchev–Trinajstić information content (AvgIpc) is 2.60. The Bertz CT molecular complexity index is 921. The molecule has 8 heteroatoms. The summed E-state index contributed by atoms with van der Waals surface area (Å²) in [7, 11) is 0. The van der Waals surface area contributed by atoms with E-state index in [-0.39, 0.29) is 11.7 Å². The minimum atomic E-state index is -4.68. The highest BCUT2D eigenvalue weighted by Crippen LogP contribution is 2.36. The molecule has 0 saturated carbocycles. The van der Waals surface area contributed by atoms with E-state index in [2.05, 4.69) is 5.32 Å². The monoisotopic (exact) mass is 380 g/mol. The molecule has 1 aliphatic heterocycles. The second-order valence-corrected chi connectivity index (χ2v) is 6.56. The van der Waals surface area contributed by atoms with Gasteiger partial charge in [-0.2, -0.15) is 13.2 Å². The maximum atomic E-state index is 12.7. The summed E-state index contributed by atoms with van der Waals surface area (Å²) in [5.41, 5.74) is -0.847. The molecule has 0 bridgehead atoms. The van der Waals surface area contributed by atoms with E-state index in [1.54, 1.807) is 4.98 Å². The molecular formula is C19H19F3N2O3. The van der Waals surface area contributed by atoms with Crippen LogP contribution in [0, 0.1) is 6.92 Å². The topological polar surface area (TPSA) is 71.2 Å². The van der Waals surface area contributed by atoms with E-state index in [9.17, 15) is 22.8 Å². The largest absolute Gasteiger partial charge is 0.490 e. The zero-order valence-corrected chi connectivity index (χ0v) is 14.8. The van der Waals surface area contributed by atoms with E-state index >= 15 is 0 Å². The van der Waals surface area contributed by atoms with Gasteiger partial charge in [0.05, 0.1) is 6.04 Å². The van der Waals surface area contributed by atoms with E-state index < -0.39 is 29.4 Å². The van der Waals surface area contributed by atoms with Crippen molar-refractivity contribution in [3.63, 3.8) is 0 Å². The van der Waals surface area contributed by atoms with Crippen LogP contribution in [0.2, 0.25) is 0 Å². The number of pyridine rings is 1. The van der Waals surface area contributed by atoms with Gasteiger partial charge in [0.1, 0.15) is 23.1 Å². The van der Waals surface area contributed by atoms with Crippen LogP contribution in [0.15, 0.2) is 35.1 Å². The van der Waals surface area contributed by atoms with Gasteiger partial charge in [-0.05, 0) is 37.1 Å². The second kappa shape index (κ2) is 7.09. The number of aryl methyl sites for hydroxylation is 1. The normalized spacial score (nSPS) is 19.1. The Balaban J connectivity index is 1.87. The van der Waals surface area contributed by atoms with Crippen LogP contribution in [0.3, 0.4) is 0 Å². The number of nitrogens with one attached hydrogen (secondary N) is 2. The van der Waals surface area contributed by atoms with Gasteiger partial charge in [0.2, 0.25) is 0 Å². The van der Waals surface area contributed by atoms with Gasteiger partial charge >= 0.3 is 6.18 Å². The summed E-state index contributed by atoms with van der Waals surface area (Å²) in [5, 5.41) is 2.75. The Hall–Kier alpha value is -2.77. The minimum absolute atomic E-state index is 0.101. The Morgan fingerprint density at radius 1 is 1.30 bits per heavy atom. The minimum Gasteiger partial charge on any atom is -0.490 e. The lowest BCUT2D eigenvalue weighted by atomic mass is 9.94. The maximum absolute atomic E-state index is 12.7. The second-order valence-electron chi connectivity index (χ2n) is 6.56. The Morgan fingerprint density at radius 3 is 2.67 bits per heavy atom. The highest BCUT2D eigenvalue weighted by Gasteiger charge is 2.33. The third-order valence-electron chi connectivity index (χ3n) is 4.56. The number of fused-ring (bicyclic) bond motifs is 1. The number of aromatic amines is 1. The fourth-order valence-corrected chi connectivity index (χ4v) is 3.09. The molecule has 5 nitrogen and oxygen atoms in total. The molecule has 2 atom stereocenters. The number of carbonyl (C=O) groups is 1. The molecule has 0 spiro atoms. The maximum Gasteiger partial charge on any atom is 0.431 e. The summed E-state index contributed by atoms with van der Waals surface area (Å²) < 4.78 is 43.9. The van der Waals surface area contributed by atoms with Crippen molar-refractivity contribution in [2.24, 2.45) is 0 Å². The summed E-state index contributed by atoms with van der Waals surface area (Å²) in [4.78, 5) is 26.2. The van der Waals surface area contributed by atoms with Crippen LogP contribution < -0.4 is 15.6 Å². The molecule has 1 aromatic carbocycles. The van der Waals surface area contributed by atoms with E-state index in [0.29, 0.717) is 18.2 Å². The van der Waals surface area contributed by atoms with E-state index in [0.717, 1.165) is 23.6 Å². The molecule has 0 fully saturated rings. The van der Waals surface area contributed by atoms with Gasteiger partial charge in [0.25, 0.3) is 11.5 Å². The van der Waals surface area contributed by atoms with E-state index in [1.165, 1.54) is 0 Å². The molecule has 0 unspecified atom stereocenters. The number of alkyl halides is 3. The number of hydrogen-bond donors (Lipinski definition) is 2. The van der Waals surface area contributed by atoms with Gasteiger partial charge in [-0.15, -0.1) is 0 Å². The van der Waals surface area contributed by atoms with E-state index in [4.69, 9.17) is 4.74 Å². The van der Waals surface area contributed by atoms with Crippen LogP contribution >= 0.6 is 0 Å². The van der Waals surface area contributed by atoms with Crippen LogP contribution in [0.1, 0.15) is 53.0 Å². The summed E-state index contributed by atoms with van der Waals surface area (Å²) in [5.74, 6) is -0.0574. The van der Waals surface area contributed by atoms with Gasteiger partial charge in [-0.25, -0.2) is 0 Å². The molecule has 2 N–H and O–H groups in total. The lowest BCUT2D eigenvalue weighted by Gasteiger charge is -2.32. The highest BCUT2D eigenvalue weighted by molar-refractivity contribution is 5.94. The molecule has 2 aromatic rings. The smallest absolute Gasteiger partial charge is 0.431 e. The molecule has 2 heterocycles. The standard InChI is InChI=1S/C19H19F3N2O3/c1-3-11-9-14(12-5-4-10(2)8-15(12)27-11)23-17(25)13-6-7-16(19(20,21)22)24-18(13)26/h4-8,11,14H,3,9H2,1-2H3,(H,23,25)(H,24,26)/t11-,14+/m1/s1. The fraction of sp³-hybridized carbons (Fsp3) is 0.368. The number of ether oxygens (including phenoxy) is 1. The zero-order chi connectivity index (χ0) is 19.8. The van der Waals surface area contributed by atoms with Crippen molar-refractivity contribution in [1.82, 2.24) is 10.3 Å². The van der Waals surface area contributed by atoms with Crippen molar-refractivity contribution in [2.45, 2.75) is 45.0 Å². The summed E-state index contributed by atoms with van der Waals surface area (Å²) in [6.07, 6.45) is -3.53. The number of aromatic nitrogens is 1. The molecule has 3 rings (SSSR count). The van der Waals surface area contributed by atoms with Gasteiger partial charge in [0, 0.05) is 12.0 Å². The highest BCUT2D eigenvalue weighted by atomic mass is 19.4. The SMILES string of the molecule is CC[C@@H]1C[C@H](NC(=O)c2ccc(C(F)(F)F)[nH]c2=O)c2ccc(C)cc2O1. The molecule has 144 valence electrons. The van der Waals surface area contributed by atoms with Gasteiger partial charge in [-0.1, -0.05) is 19.1 Å². The molecular weight excluding hydrogens is 361 g/mol. The first-order valence-electron chi connectivity index (χ1n) is 8.57. The van der Waals surface area contributed by atoms with Crippen molar-refractivity contribution in [3.05, 3.63) is 63.1 Å². The summed E-state index contributed by atoms with van der Waals surface area (Å²) in [6, 6.07) is 6.79. The molecule has 1 aromatic heterocycles. The summed E-state index contributed by atoms with van der Waals surface area (Å²) >= 11 is 0. The van der Waals surface area contributed by atoms with Gasteiger partial charge in [0.15, 0.2) is 0 Å². The van der Waals surface area contributed by atoms with Crippen LogP contribution in [-0.2, 0) is 6.18 Å². The third-order valence-corrected chi connectivity index (χ3v) is 4.56. The summed E-state index contributed by atoms with van der Waals surface area (Å²) in [6.45, 7) is 3.89. The van der Waals surface area contributed by atoms with Crippen LogP contribution in [-0.4, -0.2) is 17.0 Å². The Labute approximate surface area is 153 Å². The number of halogens is 3. The molecule has 0 saturated heterocycles. The van der Waals surface area contributed by atoms with Crippen molar-refractivity contribution < 1.29 is 22.7 Å². The van der Waals surface area contributed by atoms with Crippen molar-refractivity contribution in [2.75, 3.05) is 0 Å². The number of rotatable bonds is 3. The predicted octanol–water partition coefficient (Wildman–Crippen LogP) is 3.73. The molecule has 1 aliphatic rings. The van der Waals surface area contributed by atoms with Crippen molar-refractivity contribution in [1.29, 1.82) is 0 Å². The first kappa shape index (κ1) is 19.0. The Morgan fingerprint density at radius 2 is 2.04 bits per heavy atom. The fourth-order valence-electron chi connectivity index (χ4n) is 3.09. The average molecular weight is 380 g/mol. The number of hydrogen-bond acceptors (Lipinski definition) is 3. The number of amides is 1. The number of H-pyrrole nitrogens is 1. The van der Waals surface area contributed by atoms with Crippen LogP contribution in [0.4, 0.5) is 13.2 Å². The van der Waals surface area contributed by atoms with Crippen molar-refractivity contribution >= 4 is 5.91 Å². The first-order chi connectivity index (χ1) is 12.7. The Kier molecular flexibility index (Phi) is 4.99. The lowest BCUT2D eigenvalue weighted by Crippen LogP contribution is -2.38. The first-order valence-corrected chi connectivity index (χ1v) is 8.57. The predicted molar refractivity (Wildman–Crippen MR) is 92.8 cm³/mol. The number of carbonyl (C=O) groups excluding carboxylic acids is 1. The van der Waals surface area contributed by atoms with E-state index in [1.807, 2.05) is 32.0 Å². The quantitative estimate of drug-likeness (QED) is 0.852. The van der Waals surface area contributed by atoms with Crippen LogP contribution in [0.25, 0.3) is 0 Å². The van der Waals surface area contributed by atoms with Crippen LogP contribution in [0.5, 0.6) is 5.75 Å². The molecule has 0 aliphatic carbocycles. The lowest BCUT2D eigenvalue weighted by molar-refractivity contribution is -0.141. The van der Waals surface area contributed by atoms with Gasteiger partial charge < -0.3 is 15.0 Å². The van der Waals surface area contributed by atoms with Gasteiger partial charge in [-0.3, -0.25) is 9.59 Å². The van der Waals surface area contributed by atoms with Crippen molar-refractivity contribution in [3.8, 4) is 5.75 Å². The third kappa shape index (κ3) is 3.99. The molecule has 0 radical (unpaired) electrons. The molecule has 27 heavy (non-hydrogen) atoms.